The van der Waals surface area contributed by atoms with Crippen LogP contribution in [-0.2, 0) is 11.2 Å². The van der Waals surface area contributed by atoms with Crippen LogP contribution in [0.3, 0.4) is 0 Å². The number of hydrogen-bond acceptors (Lipinski definition) is 3. The maximum Gasteiger partial charge on any atom is 0.265 e. The second-order valence-corrected chi connectivity index (χ2v) is 4.61. The zero-order valence-electron chi connectivity index (χ0n) is 9.84. The topological polar surface area (TPSA) is 55.0 Å². The lowest BCUT2D eigenvalue weighted by molar-refractivity contribution is 0.181. The Morgan fingerprint density at radius 3 is 2.81 bits per heavy atom. The van der Waals surface area contributed by atoms with Gasteiger partial charge in [-0.2, -0.15) is 0 Å². The first-order valence-electron chi connectivity index (χ1n) is 5.37. The number of rotatable bonds is 5. The standard InChI is InChI=1S/C11H17BrN2O2/c1-4-5-8-9(12)11(15)14-10(13-8)7(2)6-16-3/h7H,4-6H2,1-3H3,(H,13,14,15). The summed E-state index contributed by atoms with van der Waals surface area (Å²) in [5.74, 6) is 0.792. The molecule has 5 heteroatoms. The number of aromatic amines is 1. The second kappa shape index (κ2) is 6.15. The van der Waals surface area contributed by atoms with Crippen molar-refractivity contribution in [3.63, 3.8) is 0 Å². The number of ether oxygens (including phenoxy) is 1. The van der Waals surface area contributed by atoms with Crippen molar-refractivity contribution in [1.29, 1.82) is 0 Å². The number of halogens is 1. The summed E-state index contributed by atoms with van der Waals surface area (Å²) >= 11 is 3.27. The number of methoxy groups -OCH3 is 1. The summed E-state index contributed by atoms with van der Waals surface area (Å²) in [5, 5.41) is 0. The van der Waals surface area contributed by atoms with E-state index in [9.17, 15) is 4.79 Å². The van der Waals surface area contributed by atoms with Crippen molar-refractivity contribution in [3.05, 3.63) is 26.3 Å². The molecule has 1 N–H and O–H groups in total. The third kappa shape index (κ3) is 3.15. The third-order valence-corrected chi connectivity index (χ3v) is 3.14. The lowest BCUT2D eigenvalue weighted by Crippen LogP contribution is -2.18. The van der Waals surface area contributed by atoms with Gasteiger partial charge < -0.3 is 9.72 Å². The molecule has 0 aliphatic heterocycles. The predicted molar refractivity (Wildman–Crippen MR) is 66.8 cm³/mol. The van der Waals surface area contributed by atoms with Crippen molar-refractivity contribution >= 4 is 15.9 Å². The molecule has 1 aromatic rings. The zero-order chi connectivity index (χ0) is 12.1. The van der Waals surface area contributed by atoms with Gasteiger partial charge in [-0.1, -0.05) is 20.3 Å². The molecule has 0 fully saturated rings. The molecule has 0 amide bonds. The molecule has 0 radical (unpaired) electrons. The number of aryl methyl sites for hydroxylation is 1. The van der Waals surface area contributed by atoms with Crippen LogP contribution in [0.4, 0.5) is 0 Å². The smallest absolute Gasteiger partial charge is 0.265 e. The van der Waals surface area contributed by atoms with Crippen molar-refractivity contribution in [2.45, 2.75) is 32.6 Å². The Morgan fingerprint density at radius 1 is 1.56 bits per heavy atom. The molecule has 0 spiro atoms. The van der Waals surface area contributed by atoms with Gasteiger partial charge in [-0.3, -0.25) is 4.79 Å². The minimum Gasteiger partial charge on any atom is -0.384 e. The molecule has 1 aromatic heterocycles. The summed E-state index contributed by atoms with van der Waals surface area (Å²) in [4.78, 5) is 18.9. The highest BCUT2D eigenvalue weighted by Crippen LogP contribution is 2.15. The van der Waals surface area contributed by atoms with Crippen molar-refractivity contribution in [2.24, 2.45) is 0 Å². The fourth-order valence-electron chi connectivity index (χ4n) is 1.49. The molecule has 4 nitrogen and oxygen atoms in total. The summed E-state index contributed by atoms with van der Waals surface area (Å²) in [5.41, 5.74) is 0.709. The van der Waals surface area contributed by atoms with Gasteiger partial charge >= 0.3 is 0 Å². The minimum absolute atomic E-state index is 0.0985. The van der Waals surface area contributed by atoms with Crippen LogP contribution >= 0.6 is 15.9 Å². The highest BCUT2D eigenvalue weighted by Gasteiger charge is 2.13. The molecule has 0 bridgehead atoms. The van der Waals surface area contributed by atoms with Gasteiger partial charge in [0.25, 0.3) is 5.56 Å². The van der Waals surface area contributed by atoms with E-state index in [0.29, 0.717) is 16.9 Å². The number of H-pyrrole nitrogens is 1. The average molecular weight is 289 g/mol. The van der Waals surface area contributed by atoms with E-state index in [1.54, 1.807) is 7.11 Å². The van der Waals surface area contributed by atoms with Gasteiger partial charge in [0.05, 0.1) is 12.3 Å². The average Bonchev–Trinajstić information content (AvgIpc) is 2.25. The van der Waals surface area contributed by atoms with Gasteiger partial charge in [-0.25, -0.2) is 4.98 Å². The van der Waals surface area contributed by atoms with E-state index in [1.807, 2.05) is 6.92 Å². The fraction of sp³-hybridized carbons (Fsp3) is 0.636. The molecule has 0 saturated carbocycles. The third-order valence-electron chi connectivity index (χ3n) is 2.32. The highest BCUT2D eigenvalue weighted by molar-refractivity contribution is 9.10. The second-order valence-electron chi connectivity index (χ2n) is 3.82. The van der Waals surface area contributed by atoms with Crippen LogP contribution in [0.25, 0.3) is 0 Å². The molecule has 1 atom stereocenters. The van der Waals surface area contributed by atoms with Gasteiger partial charge in [0.15, 0.2) is 0 Å². The molecule has 90 valence electrons. The molecular weight excluding hydrogens is 272 g/mol. The summed E-state index contributed by atoms with van der Waals surface area (Å²) in [7, 11) is 1.64. The van der Waals surface area contributed by atoms with E-state index in [1.165, 1.54) is 0 Å². The normalized spacial score (nSPS) is 12.8. The van der Waals surface area contributed by atoms with Crippen molar-refractivity contribution in [1.82, 2.24) is 9.97 Å². The van der Waals surface area contributed by atoms with Crippen molar-refractivity contribution in [3.8, 4) is 0 Å². The van der Waals surface area contributed by atoms with E-state index >= 15 is 0 Å². The van der Waals surface area contributed by atoms with E-state index in [-0.39, 0.29) is 11.5 Å². The Balaban J connectivity index is 3.08. The van der Waals surface area contributed by atoms with E-state index in [2.05, 4.69) is 32.8 Å². The summed E-state index contributed by atoms with van der Waals surface area (Å²) in [6, 6.07) is 0. The van der Waals surface area contributed by atoms with Gasteiger partial charge in [0.1, 0.15) is 10.3 Å². The van der Waals surface area contributed by atoms with Crippen LogP contribution in [0.15, 0.2) is 9.27 Å². The highest BCUT2D eigenvalue weighted by atomic mass is 79.9. The number of nitrogens with one attached hydrogen (secondary N) is 1. The van der Waals surface area contributed by atoms with Crippen LogP contribution in [0.1, 0.15) is 37.7 Å². The lowest BCUT2D eigenvalue weighted by Gasteiger charge is -2.11. The van der Waals surface area contributed by atoms with E-state index < -0.39 is 0 Å². The monoisotopic (exact) mass is 288 g/mol. The number of nitrogens with zero attached hydrogens (tertiary/aromatic N) is 1. The maximum absolute atomic E-state index is 11.7. The summed E-state index contributed by atoms with van der Waals surface area (Å²) < 4.78 is 5.60. The van der Waals surface area contributed by atoms with Gasteiger partial charge in [-0.05, 0) is 22.4 Å². The van der Waals surface area contributed by atoms with Gasteiger partial charge in [0.2, 0.25) is 0 Å². The molecule has 0 saturated heterocycles. The SMILES string of the molecule is CCCc1nc(C(C)COC)[nH]c(=O)c1Br. The Bertz CT molecular complexity index is 403. The first-order valence-corrected chi connectivity index (χ1v) is 6.17. The Hall–Kier alpha value is -0.680. The Morgan fingerprint density at radius 2 is 2.25 bits per heavy atom. The quantitative estimate of drug-likeness (QED) is 0.904. The number of aromatic nitrogens is 2. The largest absolute Gasteiger partial charge is 0.384 e. The lowest BCUT2D eigenvalue weighted by atomic mass is 10.1. The zero-order valence-corrected chi connectivity index (χ0v) is 11.4. The molecule has 1 heterocycles. The molecule has 0 aliphatic carbocycles. The van der Waals surface area contributed by atoms with Crippen LogP contribution in [0, 0.1) is 0 Å². The predicted octanol–water partition coefficient (Wildman–Crippen LogP) is 2.23. The molecule has 1 unspecified atom stereocenters. The van der Waals surface area contributed by atoms with E-state index in [4.69, 9.17) is 4.74 Å². The number of hydrogen-bond donors (Lipinski definition) is 1. The molecule has 0 aromatic carbocycles. The Labute approximate surface area is 104 Å². The van der Waals surface area contributed by atoms with Crippen LogP contribution in [0.5, 0.6) is 0 Å². The Kier molecular flexibility index (Phi) is 5.15. The van der Waals surface area contributed by atoms with E-state index in [0.717, 1.165) is 18.5 Å². The van der Waals surface area contributed by atoms with Crippen LogP contribution < -0.4 is 5.56 Å². The van der Waals surface area contributed by atoms with Crippen LogP contribution in [-0.4, -0.2) is 23.7 Å². The molecular formula is C11H17BrN2O2. The van der Waals surface area contributed by atoms with Crippen LogP contribution in [0.2, 0.25) is 0 Å². The molecule has 0 aliphatic rings. The minimum atomic E-state index is -0.114. The van der Waals surface area contributed by atoms with Gasteiger partial charge in [-0.15, -0.1) is 0 Å². The summed E-state index contributed by atoms with van der Waals surface area (Å²) in [6.07, 6.45) is 1.77. The molecule has 16 heavy (non-hydrogen) atoms. The first kappa shape index (κ1) is 13.4. The fourth-order valence-corrected chi connectivity index (χ4v) is 1.88. The van der Waals surface area contributed by atoms with Gasteiger partial charge in [0, 0.05) is 13.0 Å². The van der Waals surface area contributed by atoms with Crippen molar-refractivity contribution < 1.29 is 4.74 Å². The van der Waals surface area contributed by atoms with Crippen molar-refractivity contribution in [2.75, 3.05) is 13.7 Å². The summed E-state index contributed by atoms with van der Waals surface area (Å²) in [6.45, 7) is 4.59. The maximum atomic E-state index is 11.7. The first-order chi connectivity index (χ1) is 7.60. The molecule has 1 rings (SSSR count).